The number of hydrogen-bond acceptors (Lipinski definition) is 4. The first-order valence-electron chi connectivity index (χ1n) is 9.35. The molecule has 0 atom stereocenters. The Kier molecular flexibility index (Phi) is 7.53. The van der Waals surface area contributed by atoms with E-state index in [4.69, 9.17) is 14.3 Å². The van der Waals surface area contributed by atoms with Gasteiger partial charge in [0.05, 0.1) is 19.1 Å². The zero-order valence-corrected chi connectivity index (χ0v) is 16.0. The molecule has 1 aliphatic carbocycles. The van der Waals surface area contributed by atoms with Gasteiger partial charge in [-0.1, -0.05) is 45.4 Å². The first-order valence-corrected chi connectivity index (χ1v) is 9.35. The molecule has 0 aromatic heterocycles. The predicted molar refractivity (Wildman–Crippen MR) is 98.5 cm³/mol. The molecular weight excluding hydrogens is 318 g/mol. The number of aryl methyl sites for hydroxylation is 1. The Hall–Kier alpha value is -1.78. The van der Waals surface area contributed by atoms with Gasteiger partial charge in [-0.15, -0.1) is 0 Å². The highest BCUT2D eigenvalue weighted by Gasteiger charge is 2.25. The SMILES string of the molecule is COc1cc(OC)c([N+](=O)OC)cc1CCCCC1CCC(C)CC1. The van der Waals surface area contributed by atoms with Crippen molar-refractivity contribution in [2.75, 3.05) is 21.3 Å². The van der Waals surface area contributed by atoms with Gasteiger partial charge in [-0.05, 0) is 24.7 Å². The van der Waals surface area contributed by atoms with Gasteiger partial charge in [-0.2, -0.15) is 0 Å². The number of unbranched alkanes of at least 4 members (excludes halogenated alkanes) is 1. The van der Waals surface area contributed by atoms with Gasteiger partial charge in [0.2, 0.25) is 5.75 Å². The molecule has 1 aliphatic rings. The standard InChI is InChI=1S/C20H32NO4/c1-15-9-11-16(12-10-15)7-5-6-8-17-13-18(21(22)25-4)20(24-3)14-19(17)23-2/h13-16H,5-12H2,1-4H3/q+1. The zero-order valence-electron chi connectivity index (χ0n) is 16.0. The Labute approximate surface area is 151 Å². The third-order valence-corrected chi connectivity index (χ3v) is 5.39. The summed E-state index contributed by atoms with van der Waals surface area (Å²) in [5, 5.41) is 0. The van der Waals surface area contributed by atoms with Crippen molar-refractivity contribution < 1.29 is 19.2 Å². The van der Waals surface area contributed by atoms with Crippen molar-refractivity contribution in [1.29, 1.82) is 0 Å². The lowest BCUT2D eigenvalue weighted by Gasteiger charge is -2.26. The van der Waals surface area contributed by atoms with E-state index in [1.807, 2.05) is 6.07 Å². The maximum absolute atomic E-state index is 11.9. The Balaban J connectivity index is 1.94. The molecular formula is C20H32NO4+. The van der Waals surface area contributed by atoms with Gasteiger partial charge < -0.3 is 9.47 Å². The van der Waals surface area contributed by atoms with Crippen LogP contribution in [0.25, 0.3) is 0 Å². The summed E-state index contributed by atoms with van der Waals surface area (Å²) in [5.41, 5.74) is 1.40. The van der Waals surface area contributed by atoms with Crippen molar-refractivity contribution in [2.45, 2.75) is 58.3 Å². The van der Waals surface area contributed by atoms with Crippen molar-refractivity contribution in [1.82, 2.24) is 0 Å². The highest BCUT2D eigenvalue weighted by molar-refractivity contribution is 5.54. The highest BCUT2D eigenvalue weighted by Crippen LogP contribution is 2.36. The van der Waals surface area contributed by atoms with Crippen LogP contribution < -0.4 is 9.47 Å². The Morgan fingerprint density at radius 1 is 1.00 bits per heavy atom. The van der Waals surface area contributed by atoms with E-state index in [1.54, 1.807) is 13.2 Å². The molecule has 0 N–H and O–H groups in total. The largest absolute Gasteiger partial charge is 0.496 e. The zero-order chi connectivity index (χ0) is 18.2. The molecule has 0 spiro atoms. The van der Waals surface area contributed by atoms with Crippen molar-refractivity contribution in [3.05, 3.63) is 22.6 Å². The van der Waals surface area contributed by atoms with E-state index in [0.29, 0.717) is 16.4 Å². The van der Waals surface area contributed by atoms with Gasteiger partial charge in [-0.25, -0.2) is 4.84 Å². The number of nitrogens with zero attached hydrogens (tertiary/aromatic N) is 1. The van der Waals surface area contributed by atoms with Crippen molar-refractivity contribution >= 4 is 5.69 Å². The smallest absolute Gasteiger partial charge is 0.358 e. The lowest BCUT2D eigenvalue weighted by atomic mass is 9.80. The minimum Gasteiger partial charge on any atom is -0.496 e. The molecule has 5 nitrogen and oxygen atoms in total. The second-order valence-corrected chi connectivity index (χ2v) is 7.15. The second kappa shape index (κ2) is 9.64. The first kappa shape index (κ1) is 19.5. The fourth-order valence-electron chi connectivity index (χ4n) is 3.75. The summed E-state index contributed by atoms with van der Waals surface area (Å²) in [4.78, 5) is 17.1. The molecule has 0 bridgehead atoms. The van der Waals surface area contributed by atoms with E-state index in [0.717, 1.165) is 36.0 Å². The second-order valence-electron chi connectivity index (χ2n) is 7.15. The van der Waals surface area contributed by atoms with Gasteiger partial charge in [-0.3, -0.25) is 0 Å². The number of ether oxygens (including phenoxy) is 2. The average molecular weight is 350 g/mol. The molecule has 140 valence electrons. The molecule has 25 heavy (non-hydrogen) atoms. The molecule has 1 fully saturated rings. The van der Waals surface area contributed by atoms with Gasteiger partial charge in [0.15, 0.2) is 7.11 Å². The van der Waals surface area contributed by atoms with Crippen LogP contribution in [0.2, 0.25) is 0 Å². The molecule has 0 saturated heterocycles. The lowest BCUT2D eigenvalue weighted by molar-refractivity contribution is -0.736. The van der Waals surface area contributed by atoms with E-state index >= 15 is 0 Å². The topological polar surface area (TPSA) is 47.8 Å². The fourth-order valence-corrected chi connectivity index (χ4v) is 3.75. The first-order chi connectivity index (χ1) is 12.1. The van der Waals surface area contributed by atoms with Crippen molar-refractivity contribution in [3.63, 3.8) is 0 Å². The van der Waals surface area contributed by atoms with Gasteiger partial charge in [0.1, 0.15) is 5.75 Å². The summed E-state index contributed by atoms with van der Waals surface area (Å²) in [6.45, 7) is 2.36. The third-order valence-electron chi connectivity index (χ3n) is 5.39. The monoisotopic (exact) mass is 350 g/mol. The van der Waals surface area contributed by atoms with Crippen LogP contribution in [-0.4, -0.2) is 26.3 Å². The molecule has 1 saturated carbocycles. The van der Waals surface area contributed by atoms with Crippen LogP contribution in [0, 0.1) is 16.7 Å². The quantitative estimate of drug-likeness (QED) is 0.453. The molecule has 0 heterocycles. The van der Waals surface area contributed by atoms with Crippen LogP contribution >= 0.6 is 0 Å². The van der Waals surface area contributed by atoms with Crippen LogP contribution in [0.15, 0.2) is 12.1 Å². The molecule has 0 radical (unpaired) electrons. The average Bonchev–Trinajstić information content (AvgIpc) is 2.65. The summed E-state index contributed by atoms with van der Waals surface area (Å²) in [6, 6.07) is 3.58. The molecule has 0 amide bonds. The number of methoxy groups -OCH3 is 2. The van der Waals surface area contributed by atoms with Crippen LogP contribution in [0.1, 0.15) is 57.4 Å². The van der Waals surface area contributed by atoms with E-state index in [9.17, 15) is 4.91 Å². The third kappa shape index (κ3) is 5.35. The lowest BCUT2D eigenvalue weighted by Crippen LogP contribution is -2.12. The molecule has 0 aliphatic heterocycles. The van der Waals surface area contributed by atoms with Gasteiger partial charge in [0, 0.05) is 17.7 Å². The number of hydrogen-bond donors (Lipinski definition) is 0. The normalized spacial score (nSPS) is 20.2. The Morgan fingerprint density at radius 2 is 1.68 bits per heavy atom. The molecule has 5 heteroatoms. The molecule has 1 aromatic rings. The molecule has 1 aromatic carbocycles. The molecule has 0 unspecified atom stereocenters. The van der Waals surface area contributed by atoms with E-state index < -0.39 is 0 Å². The van der Waals surface area contributed by atoms with Crippen LogP contribution in [-0.2, 0) is 11.3 Å². The van der Waals surface area contributed by atoms with Gasteiger partial charge in [0.25, 0.3) is 4.92 Å². The minimum absolute atomic E-state index is 0.377. The van der Waals surface area contributed by atoms with Crippen LogP contribution in [0.4, 0.5) is 5.69 Å². The van der Waals surface area contributed by atoms with Gasteiger partial charge >= 0.3 is 5.69 Å². The summed E-state index contributed by atoms with van der Waals surface area (Å²) >= 11 is 0. The minimum atomic E-state index is 0.377. The maximum atomic E-state index is 11.9. The van der Waals surface area contributed by atoms with E-state index in [-0.39, 0.29) is 0 Å². The van der Waals surface area contributed by atoms with E-state index in [2.05, 4.69) is 6.92 Å². The van der Waals surface area contributed by atoms with Crippen molar-refractivity contribution in [3.8, 4) is 11.5 Å². The maximum Gasteiger partial charge on any atom is 0.358 e. The van der Waals surface area contributed by atoms with E-state index in [1.165, 1.54) is 52.7 Å². The van der Waals surface area contributed by atoms with Crippen molar-refractivity contribution in [2.24, 2.45) is 11.8 Å². The summed E-state index contributed by atoms with van der Waals surface area (Å²) < 4.78 is 10.8. The molecule has 2 rings (SSSR count). The van der Waals surface area contributed by atoms with Crippen LogP contribution in [0.5, 0.6) is 11.5 Å². The van der Waals surface area contributed by atoms with Crippen LogP contribution in [0.3, 0.4) is 0 Å². The Bertz CT molecular complexity index is 565. The summed E-state index contributed by atoms with van der Waals surface area (Å²) in [6.07, 6.45) is 10.1. The fraction of sp³-hybridized carbons (Fsp3) is 0.700. The summed E-state index contributed by atoms with van der Waals surface area (Å²) in [7, 11) is 4.53. The predicted octanol–water partition coefficient (Wildman–Crippen LogP) is 5.21. The Morgan fingerprint density at radius 3 is 2.28 bits per heavy atom. The number of rotatable bonds is 9. The highest BCUT2D eigenvalue weighted by atomic mass is 16.8. The number of benzene rings is 1. The summed E-state index contributed by atoms with van der Waals surface area (Å²) in [5.74, 6) is 3.02.